The summed E-state index contributed by atoms with van der Waals surface area (Å²) in [5, 5.41) is 9.71. The van der Waals surface area contributed by atoms with Crippen molar-refractivity contribution in [1.82, 2.24) is 0 Å². The van der Waals surface area contributed by atoms with E-state index in [1.165, 1.54) is 25.7 Å². The molecule has 1 aliphatic carbocycles. The van der Waals surface area contributed by atoms with Crippen LogP contribution in [0, 0.1) is 17.8 Å². The maximum atomic E-state index is 9.71. The highest BCUT2D eigenvalue weighted by Crippen LogP contribution is 2.33. The molecule has 1 N–H and O–H groups in total. The predicted molar refractivity (Wildman–Crippen MR) is 67.4 cm³/mol. The predicted octanol–water partition coefficient (Wildman–Crippen LogP) is 3.24. The minimum atomic E-state index is -0.0289. The fourth-order valence-corrected chi connectivity index (χ4v) is 2.66. The molecule has 96 valence electrons. The molecule has 1 saturated carbocycles. The van der Waals surface area contributed by atoms with E-state index >= 15 is 0 Å². The van der Waals surface area contributed by atoms with Gasteiger partial charge in [-0.25, -0.2) is 0 Å². The van der Waals surface area contributed by atoms with Crippen molar-refractivity contribution in [2.75, 3.05) is 13.2 Å². The Bertz CT molecular complexity index is 168. The normalized spacial score (nSPS) is 34.7. The Balaban J connectivity index is 0.000000212. The van der Waals surface area contributed by atoms with Crippen LogP contribution in [0.15, 0.2) is 0 Å². The number of ether oxygens (including phenoxy) is 1. The Morgan fingerprint density at radius 1 is 1.12 bits per heavy atom. The number of rotatable bonds is 1. The van der Waals surface area contributed by atoms with Crippen molar-refractivity contribution in [3.63, 3.8) is 0 Å². The van der Waals surface area contributed by atoms with Gasteiger partial charge in [-0.1, -0.05) is 27.2 Å². The van der Waals surface area contributed by atoms with Crippen LogP contribution in [0.1, 0.15) is 52.9 Å². The second-order valence-electron chi connectivity index (χ2n) is 5.71. The van der Waals surface area contributed by atoms with Crippen molar-refractivity contribution in [3.05, 3.63) is 0 Å². The van der Waals surface area contributed by atoms with E-state index in [0.29, 0.717) is 11.8 Å². The van der Waals surface area contributed by atoms with Crippen molar-refractivity contribution >= 4 is 0 Å². The van der Waals surface area contributed by atoms with Gasteiger partial charge in [-0.2, -0.15) is 0 Å². The molecule has 0 aromatic heterocycles. The van der Waals surface area contributed by atoms with Crippen LogP contribution in [0.5, 0.6) is 0 Å². The average molecular weight is 228 g/mol. The fourth-order valence-electron chi connectivity index (χ4n) is 2.66. The zero-order valence-corrected chi connectivity index (χ0v) is 11.1. The molecule has 0 spiro atoms. The number of aliphatic hydroxyl groups is 1. The van der Waals surface area contributed by atoms with Gasteiger partial charge in [-0.05, 0) is 43.4 Å². The standard InChI is InChI=1S/C10H20O.C4H8O/c1-7(2)9-5-4-8(3)6-10(9)11;1-2-4-5-3-1/h7-11H,4-6H2,1-3H3;1-4H2. The molecule has 0 aromatic rings. The second kappa shape index (κ2) is 7.29. The summed E-state index contributed by atoms with van der Waals surface area (Å²) in [5.74, 6) is 1.95. The van der Waals surface area contributed by atoms with Crippen molar-refractivity contribution in [2.45, 2.75) is 59.0 Å². The van der Waals surface area contributed by atoms with Crippen LogP contribution in [0.3, 0.4) is 0 Å². The number of hydrogen-bond acceptors (Lipinski definition) is 2. The lowest BCUT2D eigenvalue weighted by molar-refractivity contribution is 0.0266. The van der Waals surface area contributed by atoms with Crippen LogP contribution in [-0.4, -0.2) is 24.4 Å². The van der Waals surface area contributed by atoms with Gasteiger partial charge in [0.25, 0.3) is 0 Å². The summed E-state index contributed by atoms with van der Waals surface area (Å²) in [4.78, 5) is 0. The molecule has 1 heterocycles. The monoisotopic (exact) mass is 228 g/mol. The molecule has 3 unspecified atom stereocenters. The van der Waals surface area contributed by atoms with Gasteiger partial charge in [0, 0.05) is 13.2 Å². The van der Waals surface area contributed by atoms with E-state index in [4.69, 9.17) is 4.74 Å². The highest BCUT2D eigenvalue weighted by atomic mass is 16.5. The third-order valence-electron chi connectivity index (χ3n) is 3.81. The summed E-state index contributed by atoms with van der Waals surface area (Å²) in [5.41, 5.74) is 0. The molecular formula is C14H28O2. The van der Waals surface area contributed by atoms with Gasteiger partial charge in [0.1, 0.15) is 0 Å². The number of hydrogen-bond donors (Lipinski definition) is 1. The molecule has 0 amide bonds. The van der Waals surface area contributed by atoms with E-state index in [0.717, 1.165) is 25.6 Å². The maximum Gasteiger partial charge on any atom is 0.0573 e. The summed E-state index contributed by atoms with van der Waals surface area (Å²) in [7, 11) is 0. The highest BCUT2D eigenvalue weighted by molar-refractivity contribution is 4.79. The van der Waals surface area contributed by atoms with Gasteiger partial charge in [0.15, 0.2) is 0 Å². The lowest BCUT2D eigenvalue weighted by atomic mass is 9.75. The summed E-state index contributed by atoms with van der Waals surface area (Å²) in [6, 6.07) is 0. The van der Waals surface area contributed by atoms with Crippen LogP contribution in [0.2, 0.25) is 0 Å². The van der Waals surface area contributed by atoms with E-state index in [9.17, 15) is 5.11 Å². The summed E-state index contributed by atoms with van der Waals surface area (Å²) < 4.78 is 4.94. The first kappa shape index (κ1) is 14.0. The van der Waals surface area contributed by atoms with Gasteiger partial charge in [0.05, 0.1) is 6.10 Å². The Morgan fingerprint density at radius 3 is 2.12 bits per heavy atom. The molecule has 2 fully saturated rings. The molecule has 0 bridgehead atoms. The van der Waals surface area contributed by atoms with E-state index in [-0.39, 0.29) is 6.10 Å². The minimum absolute atomic E-state index is 0.0289. The van der Waals surface area contributed by atoms with Crippen LogP contribution < -0.4 is 0 Å². The Labute approximate surface area is 100 Å². The first-order valence-corrected chi connectivity index (χ1v) is 6.87. The van der Waals surface area contributed by atoms with Gasteiger partial charge in [-0.3, -0.25) is 0 Å². The average Bonchev–Trinajstić information content (AvgIpc) is 2.74. The lowest BCUT2D eigenvalue weighted by Crippen LogP contribution is -2.31. The third kappa shape index (κ3) is 4.84. The summed E-state index contributed by atoms with van der Waals surface area (Å²) >= 11 is 0. The molecule has 2 rings (SSSR count). The first-order valence-electron chi connectivity index (χ1n) is 6.87. The van der Waals surface area contributed by atoms with Crippen LogP contribution in [0.4, 0.5) is 0 Å². The molecular weight excluding hydrogens is 200 g/mol. The largest absolute Gasteiger partial charge is 0.393 e. The van der Waals surface area contributed by atoms with E-state index in [1.54, 1.807) is 0 Å². The van der Waals surface area contributed by atoms with Crippen molar-refractivity contribution in [1.29, 1.82) is 0 Å². The zero-order chi connectivity index (χ0) is 12.0. The smallest absolute Gasteiger partial charge is 0.0573 e. The maximum absolute atomic E-state index is 9.71. The van der Waals surface area contributed by atoms with Crippen molar-refractivity contribution in [3.8, 4) is 0 Å². The van der Waals surface area contributed by atoms with Crippen LogP contribution in [0.25, 0.3) is 0 Å². The number of aliphatic hydroxyl groups excluding tert-OH is 1. The molecule has 2 aliphatic rings. The summed E-state index contributed by atoms with van der Waals surface area (Å²) in [6.45, 7) is 8.66. The Kier molecular flexibility index (Phi) is 6.37. The van der Waals surface area contributed by atoms with Crippen LogP contribution >= 0.6 is 0 Å². The first-order chi connectivity index (χ1) is 7.61. The highest BCUT2D eigenvalue weighted by Gasteiger charge is 2.28. The third-order valence-corrected chi connectivity index (χ3v) is 3.81. The molecule has 0 radical (unpaired) electrons. The second-order valence-corrected chi connectivity index (χ2v) is 5.71. The topological polar surface area (TPSA) is 29.5 Å². The minimum Gasteiger partial charge on any atom is -0.393 e. The van der Waals surface area contributed by atoms with Gasteiger partial charge >= 0.3 is 0 Å². The fraction of sp³-hybridized carbons (Fsp3) is 1.00. The van der Waals surface area contributed by atoms with Crippen molar-refractivity contribution in [2.24, 2.45) is 17.8 Å². The Hall–Kier alpha value is -0.0800. The van der Waals surface area contributed by atoms with Crippen LogP contribution in [-0.2, 0) is 4.74 Å². The van der Waals surface area contributed by atoms with E-state index in [2.05, 4.69) is 20.8 Å². The van der Waals surface area contributed by atoms with Crippen molar-refractivity contribution < 1.29 is 9.84 Å². The lowest BCUT2D eigenvalue weighted by Gasteiger charge is -2.33. The molecule has 2 nitrogen and oxygen atoms in total. The molecule has 0 aromatic carbocycles. The molecule has 16 heavy (non-hydrogen) atoms. The zero-order valence-electron chi connectivity index (χ0n) is 11.1. The van der Waals surface area contributed by atoms with Gasteiger partial charge < -0.3 is 9.84 Å². The quantitative estimate of drug-likeness (QED) is 0.746. The SMILES string of the molecule is C1CCOC1.CC1CCC(C(C)C)C(O)C1. The van der Waals surface area contributed by atoms with Gasteiger partial charge in [0.2, 0.25) is 0 Å². The van der Waals surface area contributed by atoms with E-state index < -0.39 is 0 Å². The molecule has 1 saturated heterocycles. The molecule has 3 atom stereocenters. The molecule has 1 aliphatic heterocycles. The van der Waals surface area contributed by atoms with E-state index in [1.807, 2.05) is 0 Å². The Morgan fingerprint density at radius 2 is 1.75 bits per heavy atom. The van der Waals surface area contributed by atoms with Gasteiger partial charge in [-0.15, -0.1) is 0 Å². The summed E-state index contributed by atoms with van der Waals surface area (Å²) in [6.07, 6.45) is 6.07. The molecule has 2 heteroatoms.